The molecule has 1 aliphatic heterocycles. The predicted molar refractivity (Wildman–Crippen MR) is 87.7 cm³/mol. The Morgan fingerprint density at radius 2 is 2.29 bits per heavy atom. The van der Waals surface area contributed by atoms with E-state index in [9.17, 15) is 4.79 Å². The number of aryl methyl sites for hydroxylation is 1. The van der Waals surface area contributed by atoms with Crippen LogP contribution in [0.1, 0.15) is 73.2 Å². The van der Waals surface area contributed by atoms with Gasteiger partial charge in [0.2, 0.25) is 5.89 Å². The van der Waals surface area contributed by atoms with Gasteiger partial charge in [-0.05, 0) is 19.3 Å². The van der Waals surface area contributed by atoms with E-state index in [1.165, 1.54) is 6.33 Å². The van der Waals surface area contributed by atoms with Crippen LogP contribution in [0, 0.1) is 0 Å². The van der Waals surface area contributed by atoms with Gasteiger partial charge in [-0.1, -0.05) is 25.9 Å². The van der Waals surface area contributed by atoms with E-state index in [1.807, 2.05) is 25.7 Å². The highest BCUT2D eigenvalue weighted by Gasteiger charge is 2.29. The summed E-state index contributed by atoms with van der Waals surface area (Å²) in [4.78, 5) is 27.4. The van der Waals surface area contributed by atoms with E-state index >= 15 is 0 Å². The number of aromatic nitrogens is 4. The fourth-order valence-electron chi connectivity index (χ4n) is 3.01. The summed E-state index contributed by atoms with van der Waals surface area (Å²) in [6, 6.07) is 0. The molecule has 1 saturated heterocycles. The van der Waals surface area contributed by atoms with Crippen LogP contribution < -0.4 is 0 Å². The van der Waals surface area contributed by atoms with Crippen molar-refractivity contribution < 1.29 is 9.32 Å². The monoisotopic (exact) mass is 329 g/mol. The first-order chi connectivity index (χ1) is 11.6. The van der Waals surface area contributed by atoms with Crippen molar-refractivity contribution in [1.29, 1.82) is 0 Å². The van der Waals surface area contributed by atoms with Crippen LogP contribution in [0.25, 0.3) is 0 Å². The molecule has 2 aromatic heterocycles. The summed E-state index contributed by atoms with van der Waals surface area (Å²) in [7, 11) is 0. The van der Waals surface area contributed by atoms with Gasteiger partial charge in [0.25, 0.3) is 5.91 Å². The third-order valence-corrected chi connectivity index (χ3v) is 4.39. The van der Waals surface area contributed by atoms with E-state index < -0.39 is 0 Å². The predicted octanol–water partition coefficient (Wildman–Crippen LogP) is 2.57. The van der Waals surface area contributed by atoms with Crippen LogP contribution in [0.3, 0.4) is 0 Å². The molecule has 3 heterocycles. The number of nitrogens with zero attached hydrogens (tertiary/aromatic N) is 5. The smallest absolute Gasteiger partial charge is 0.257 e. The van der Waals surface area contributed by atoms with Crippen molar-refractivity contribution in [1.82, 2.24) is 25.0 Å². The maximum atomic E-state index is 12.9. The highest BCUT2D eigenvalue weighted by atomic mass is 16.5. The van der Waals surface area contributed by atoms with Gasteiger partial charge in [-0.15, -0.1) is 0 Å². The Labute approximate surface area is 141 Å². The van der Waals surface area contributed by atoms with E-state index in [4.69, 9.17) is 4.52 Å². The Morgan fingerprint density at radius 3 is 3.00 bits per heavy atom. The summed E-state index contributed by atoms with van der Waals surface area (Å²) < 4.78 is 5.31. The van der Waals surface area contributed by atoms with Crippen molar-refractivity contribution in [3.05, 3.63) is 35.5 Å². The lowest BCUT2D eigenvalue weighted by Crippen LogP contribution is -2.40. The first-order valence-electron chi connectivity index (χ1n) is 8.51. The van der Waals surface area contributed by atoms with Crippen molar-refractivity contribution in [2.75, 3.05) is 13.1 Å². The minimum atomic E-state index is -0.00951. The fraction of sp³-hybridized carbons (Fsp3) is 0.588. The maximum absolute atomic E-state index is 12.9. The number of amides is 1. The van der Waals surface area contributed by atoms with Crippen LogP contribution in [0.2, 0.25) is 0 Å². The maximum Gasteiger partial charge on any atom is 0.257 e. The number of hydrogen-bond acceptors (Lipinski definition) is 6. The molecule has 1 amide bonds. The van der Waals surface area contributed by atoms with Crippen molar-refractivity contribution in [2.24, 2.45) is 0 Å². The van der Waals surface area contributed by atoms with Crippen LogP contribution >= 0.6 is 0 Å². The van der Waals surface area contributed by atoms with Gasteiger partial charge in [0.05, 0.1) is 11.3 Å². The lowest BCUT2D eigenvalue weighted by atomic mass is 9.96. The number of rotatable bonds is 4. The second-order valence-corrected chi connectivity index (χ2v) is 6.47. The molecule has 128 valence electrons. The van der Waals surface area contributed by atoms with E-state index in [1.54, 1.807) is 6.20 Å². The van der Waals surface area contributed by atoms with Crippen molar-refractivity contribution >= 4 is 5.91 Å². The van der Waals surface area contributed by atoms with Gasteiger partial charge in [-0.3, -0.25) is 4.79 Å². The Bertz CT molecular complexity index is 713. The molecule has 0 N–H and O–H groups in total. The Hall–Kier alpha value is -2.31. The van der Waals surface area contributed by atoms with Gasteiger partial charge < -0.3 is 9.42 Å². The van der Waals surface area contributed by atoms with Crippen LogP contribution in [-0.2, 0) is 6.42 Å². The third kappa shape index (κ3) is 3.29. The zero-order valence-corrected chi connectivity index (χ0v) is 14.4. The molecule has 0 unspecified atom stereocenters. The Balaban J connectivity index is 1.76. The molecular formula is C17H23N5O2. The molecule has 1 fully saturated rings. The Kier molecular flexibility index (Phi) is 4.87. The zero-order valence-electron chi connectivity index (χ0n) is 14.4. The molecule has 1 atom stereocenters. The molecule has 7 heteroatoms. The average molecular weight is 329 g/mol. The molecule has 0 saturated carbocycles. The SMILES string of the molecule is CCc1ncncc1C(=O)N1CCC[C@@H](c2noc(C(C)C)n2)C1. The van der Waals surface area contributed by atoms with Gasteiger partial charge in [0.15, 0.2) is 5.82 Å². The first kappa shape index (κ1) is 16.5. The molecule has 24 heavy (non-hydrogen) atoms. The second kappa shape index (κ2) is 7.07. The largest absolute Gasteiger partial charge is 0.339 e. The highest BCUT2D eigenvalue weighted by Crippen LogP contribution is 2.27. The molecule has 0 spiro atoms. The molecule has 0 aliphatic carbocycles. The topological polar surface area (TPSA) is 85.0 Å². The summed E-state index contributed by atoms with van der Waals surface area (Å²) in [6.45, 7) is 7.38. The van der Waals surface area contributed by atoms with Crippen LogP contribution in [-0.4, -0.2) is 44.0 Å². The molecular weight excluding hydrogens is 306 g/mol. The van der Waals surface area contributed by atoms with E-state index in [0.717, 1.165) is 25.1 Å². The van der Waals surface area contributed by atoms with Gasteiger partial charge in [0, 0.05) is 31.1 Å². The lowest BCUT2D eigenvalue weighted by molar-refractivity contribution is 0.0701. The van der Waals surface area contributed by atoms with Crippen LogP contribution in [0.5, 0.6) is 0 Å². The van der Waals surface area contributed by atoms with Gasteiger partial charge in [-0.2, -0.15) is 4.98 Å². The lowest BCUT2D eigenvalue weighted by Gasteiger charge is -2.31. The summed E-state index contributed by atoms with van der Waals surface area (Å²) in [5.74, 6) is 1.67. The van der Waals surface area contributed by atoms with Crippen molar-refractivity contribution in [3.8, 4) is 0 Å². The quantitative estimate of drug-likeness (QED) is 0.857. The minimum absolute atomic E-state index is 0.00951. The number of carbonyl (C=O) groups is 1. The summed E-state index contributed by atoms with van der Waals surface area (Å²) in [5, 5.41) is 4.11. The van der Waals surface area contributed by atoms with E-state index in [0.29, 0.717) is 30.2 Å². The van der Waals surface area contributed by atoms with Crippen molar-refractivity contribution in [2.45, 2.75) is 51.9 Å². The molecule has 7 nitrogen and oxygen atoms in total. The number of piperidine rings is 1. The zero-order chi connectivity index (χ0) is 17.1. The normalized spacial score (nSPS) is 18.2. The number of hydrogen-bond donors (Lipinski definition) is 0. The second-order valence-electron chi connectivity index (χ2n) is 6.47. The summed E-state index contributed by atoms with van der Waals surface area (Å²) in [5.41, 5.74) is 1.38. The molecule has 0 bridgehead atoms. The van der Waals surface area contributed by atoms with E-state index in [2.05, 4.69) is 20.1 Å². The van der Waals surface area contributed by atoms with Gasteiger partial charge in [-0.25, -0.2) is 9.97 Å². The molecule has 2 aromatic rings. The first-order valence-corrected chi connectivity index (χ1v) is 8.51. The fourth-order valence-corrected chi connectivity index (χ4v) is 3.01. The van der Waals surface area contributed by atoms with E-state index in [-0.39, 0.29) is 17.7 Å². The Morgan fingerprint density at radius 1 is 1.46 bits per heavy atom. The molecule has 1 aliphatic rings. The average Bonchev–Trinajstić information content (AvgIpc) is 3.11. The molecule has 3 rings (SSSR count). The van der Waals surface area contributed by atoms with Gasteiger partial charge >= 0.3 is 0 Å². The number of carbonyl (C=O) groups excluding carboxylic acids is 1. The minimum Gasteiger partial charge on any atom is -0.339 e. The molecule has 0 aromatic carbocycles. The van der Waals surface area contributed by atoms with Crippen molar-refractivity contribution in [3.63, 3.8) is 0 Å². The standard InChI is InChI=1S/C17H23N5O2/c1-4-14-13(8-18-10-19-14)17(23)22-7-5-6-12(9-22)15-20-16(11(2)3)24-21-15/h8,10-12H,4-7,9H2,1-3H3/t12-/m1/s1. The number of likely N-dealkylation sites (tertiary alicyclic amines) is 1. The highest BCUT2D eigenvalue weighted by molar-refractivity contribution is 5.95. The summed E-state index contributed by atoms with van der Waals surface area (Å²) in [6.07, 6.45) is 5.71. The summed E-state index contributed by atoms with van der Waals surface area (Å²) >= 11 is 0. The van der Waals surface area contributed by atoms with Crippen LogP contribution in [0.4, 0.5) is 0 Å². The van der Waals surface area contributed by atoms with Crippen LogP contribution in [0.15, 0.2) is 17.0 Å². The van der Waals surface area contributed by atoms with Gasteiger partial charge in [0.1, 0.15) is 6.33 Å². The molecule has 0 radical (unpaired) electrons. The third-order valence-electron chi connectivity index (χ3n) is 4.39.